The molecule has 0 aromatic carbocycles. The van der Waals surface area contributed by atoms with Crippen LogP contribution in [0.4, 0.5) is 0 Å². The summed E-state index contributed by atoms with van der Waals surface area (Å²) >= 11 is 3.20. The van der Waals surface area contributed by atoms with Crippen LogP contribution in [0.3, 0.4) is 0 Å². The summed E-state index contributed by atoms with van der Waals surface area (Å²) in [6, 6.07) is 1.67. The van der Waals surface area contributed by atoms with Crippen molar-refractivity contribution in [1.82, 2.24) is 10.3 Å². The lowest BCUT2D eigenvalue weighted by Gasteiger charge is -1.97. The first-order valence-electron chi connectivity index (χ1n) is 2.92. The lowest BCUT2D eigenvalue weighted by molar-refractivity contribution is 0.0968. The molecule has 57 valence electrons. The van der Waals surface area contributed by atoms with Crippen LogP contribution in [-0.4, -0.2) is 10.9 Å². The minimum atomic E-state index is -0.237. The SMILES string of the molecule is [CH2]NC(=O)c1cncc(Br)c1. The Morgan fingerprint density at radius 2 is 2.36 bits per heavy atom. The summed E-state index contributed by atoms with van der Waals surface area (Å²) in [6.45, 7) is 0. The number of nitrogens with one attached hydrogen (secondary N) is 1. The quantitative estimate of drug-likeness (QED) is 0.766. The molecule has 0 fully saturated rings. The highest BCUT2D eigenvalue weighted by Gasteiger charge is 2.02. The Kier molecular flexibility index (Phi) is 2.59. The van der Waals surface area contributed by atoms with Crippen molar-refractivity contribution in [1.29, 1.82) is 0 Å². The van der Waals surface area contributed by atoms with Crippen LogP contribution in [0, 0.1) is 7.05 Å². The van der Waals surface area contributed by atoms with E-state index in [0.717, 1.165) is 4.47 Å². The van der Waals surface area contributed by atoms with E-state index in [1.165, 1.54) is 6.20 Å². The number of hydrogen-bond donors (Lipinski definition) is 1. The standard InChI is InChI=1S/C7H6BrN2O/c1-9-7(11)5-2-6(8)4-10-3-5/h2-4H,1H2,(H,9,11). The minimum absolute atomic E-state index is 0.237. The number of rotatable bonds is 1. The fourth-order valence-electron chi connectivity index (χ4n) is 0.638. The number of pyridine rings is 1. The number of aromatic nitrogens is 1. The summed E-state index contributed by atoms with van der Waals surface area (Å²) in [4.78, 5) is 14.7. The van der Waals surface area contributed by atoms with Crippen LogP contribution in [0.5, 0.6) is 0 Å². The predicted molar refractivity (Wildman–Crippen MR) is 44.8 cm³/mol. The number of hydrogen-bond acceptors (Lipinski definition) is 2. The number of nitrogens with zero attached hydrogens (tertiary/aromatic N) is 1. The van der Waals surface area contributed by atoms with Gasteiger partial charge in [0, 0.05) is 23.9 Å². The van der Waals surface area contributed by atoms with Crippen LogP contribution in [0.15, 0.2) is 22.9 Å². The van der Waals surface area contributed by atoms with Crippen molar-refractivity contribution >= 4 is 21.8 Å². The van der Waals surface area contributed by atoms with Crippen LogP contribution in [0.2, 0.25) is 0 Å². The van der Waals surface area contributed by atoms with Crippen molar-refractivity contribution < 1.29 is 4.79 Å². The molecule has 3 nitrogen and oxygen atoms in total. The second-order valence-corrected chi connectivity index (χ2v) is 2.81. The molecule has 1 aromatic heterocycles. The third-order valence-corrected chi connectivity index (χ3v) is 1.56. The Balaban J connectivity index is 2.96. The summed E-state index contributed by atoms with van der Waals surface area (Å²) < 4.78 is 0.776. The Morgan fingerprint density at radius 1 is 1.64 bits per heavy atom. The van der Waals surface area contributed by atoms with Crippen molar-refractivity contribution in [2.75, 3.05) is 0 Å². The topological polar surface area (TPSA) is 42.0 Å². The maximum Gasteiger partial charge on any atom is 0.252 e. The van der Waals surface area contributed by atoms with Gasteiger partial charge in [-0.05, 0) is 22.0 Å². The molecule has 0 unspecified atom stereocenters. The maximum absolute atomic E-state index is 10.9. The van der Waals surface area contributed by atoms with Crippen LogP contribution in [-0.2, 0) is 0 Å². The van der Waals surface area contributed by atoms with Gasteiger partial charge in [-0.15, -0.1) is 0 Å². The molecule has 0 aliphatic carbocycles. The van der Waals surface area contributed by atoms with E-state index in [-0.39, 0.29) is 5.91 Å². The lowest BCUT2D eigenvalue weighted by atomic mass is 10.3. The largest absolute Gasteiger partial charge is 0.350 e. The van der Waals surface area contributed by atoms with Crippen LogP contribution >= 0.6 is 15.9 Å². The zero-order chi connectivity index (χ0) is 8.27. The molecule has 0 atom stereocenters. The Morgan fingerprint density at radius 3 is 2.91 bits per heavy atom. The van der Waals surface area contributed by atoms with Crippen molar-refractivity contribution in [3.05, 3.63) is 35.5 Å². The predicted octanol–water partition coefficient (Wildman–Crippen LogP) is 1.37. The molecular formula is C7H6BrN2O. The summed E-state index contributed by atoms with van der Waals surface area (Å²) in [5.74, 6) is -0.237. The van der Waals surface area contributed by atoms with Gasteiger partial charge in [-0.2, -0.15) is 0 Å². The van der Waals surface area contributed by atoms with Crippen molar-refractivity contribution in [2.45, 2.75) is 0 Å². The molecule has 0 aliphatic rings. The number of carbonyl (C=O) groups is 1. The first kappa shape index (κ1) is 8.20. The van der Waals surface area contributed by atoms with E-state index in [4.69, 9.17) is 0 Å². The normalized spacial score (nSPS) is 9.27. The molecule has 1 aromatic rings. The van der Waals surface area contributed by atoms with Gasteiger partial charge in [-0.3, -0.25) is 9.78 Å². The van der Waals surface area contributed by atoms with E-state index >= 15 is 0 Å². The van der Waals surface area contributed by atoms with Gasteiger partial charge < -0.3 is 5.32 Å². The van der Waals surface area contributed by atoms with Crippen LogP contribution in [0.25, 0.3) is 0 Å². The average Bonchev–Trinajstić information content (AvgIpc) is 2.03. The highest BCUT2D eigenvalue weighted by Crippen LogP contribution is 2.08. The van der Waals surface area contributed by atoms with Gasteiger partial charge in [0.25, 0.3) is 5.91 Å². The third kappa shape index (κ3) is 2.01. The molecule has 4 heteroatoms. The van der Waals surface area contributed by atoms with Gasteiger partial charge in [0.2, 0.25) is 0 Å². The van der Waals surface area contributed by atoms with E-state index in [1.807, 2.05) is 0 Å². The minimum Gasteiger partial charge on any atom is -0.350 e. The smallest absolute Gasteiger partial charge is 0.252 e. The number of carbonyl (C=O) groups excluding carboxylic acids is 1. The maximum atomic E-state index is 10.9. The summed E-state index contributed by atoms with van der Waals surface area (Å²) in [5.41, 5.74) is 0.495. The van der Waals surface area contributed by atoms with Crippen molar-refractivity contribution in [2.24, 2.45) is 0 Å². The third-order valence-electron chi connectivity index (χ3n) is 1.13. The molecule has 1 radical (unpaired) electrons. The molecule has 11 heavy (non-hydrogen) atoms. The highest BCUT2D eigenvalue weighted by molar-refractivity contribution is 9.10. The average molecular weight is 214 g/mol. The Labute approximate surface area is 73.0 Å². The van der Waals surface area contributed by atoms with Crippen molar-refractivity contribution in [3.8, 4) is 0 Å². The van der Waals surface area contributed by atoms with Crippen LogP contribution in [0.1, 0.15) is 10.4 Å². The zero-order valence-corrected chi connectivity index (χ0v) is 7.26. The van der Waals surface area contributed by atoms with Crippen LogP contribution < -0.4 is 5.32 Å². The molecule has 1 heterocycles. The van der Waals surface area contributed by atoms with Gasteiger partial charge >= 0.3 is 0 Å². The molecule has 1 N–H and O–H groups in total. The summed E-state index contributed by atoms with van der Waals surface area (Å²) in [7, 11) is 3.25. The Bertz CT molecular complexity index is 275. The molecule has 1 rings (SSSR count). The second kappa shape index (κ2) is 3.48. The number of halogens is 1. The first-order valence-corrected chi connectivity index (χ1v) is 3.71. The summed E-state index contributed by atoms with van der Waals surface area (Å²) in [6.07, 6.45) is 3.09. The first-order chi connectivity index (χ1) is 5.24. The highest BCUT2D eigenvalue weighted by atomic mass is 79.9. The van der Waals surface area contributed by atoms with Crippen molar-refractivity contribution in [3.63, 3.8) is 0 Å². The monoisotopic (exact) mass is 213 g/mol. The molecule has 0 bridgehead atoms. The molecule has 1 amide bonds. The molecule has 0 saturated carbocycles. The molecule has 0 saturated heterocycles. The zero-order valence-electron chi connectivity index (χ0n) is 5.67. The molecular weight excluding hydrogens is 208 g/mol. The van der Waals surface area contributed by atoms with E-state index in [2.05, 4.69) is 33.3 Å². The fraction of sp³-hybridized carbons (Fsp3) is 0. The van der Waals surface area contributed by atoms with Gasteiger partial charge in [0.05, 0.1) is 5.56 Å². The molecule has 0 aliphatic heterocycles. The lowest BCUT2D eigenvalue weighted by Crippen LogP contribution is -2.15. The molecule has 0 spiro atoms. The van der Waals surface area contributed by atoms with Gasteiger partial charge in [-0.25, -0.2) is 0 Å². The number of amides is 1. The summed E-state index contributed by atoms with van der Waals surface area (Å²) in [5, 5.41) is 2.26. The second-order valence-electron chi connectivity index (χ2n) is 1.90. The fourth-order valence-corrected chi connectivity index (χ4v) is 1.00. The van der Waals surface area contributed by atoms with Gasteiger partial charge in [-0.1, -0.05) is 0 Å². The van der Waals surface area contributed by atoms with E-state index in [1.54, 1.807) is 12.3 Å². The van der Waals surface area contributed by atoms with E-state index < -0.39 is 0 Å². The Hall–Kier alpha value is -0.900. The van der Waals surface area contributed by atoms with E-state index in [0.29, 0.717) is 5.56 Å². The van der Waals surface area contributed by atoms with Gasteiger partial charge in [0.15, 0.2) is 0 Å². The van der Waals surface area contributed by atoms with E-state index in [9.17, 15) is 4.79 Å². The van der Waals surface area contributed by atoms with Gasteiger partial charge in [0.1, 0.15) is 0 Å².